The molecule has 0 atom stereocenters. The van der Waals surface area contributed by atoms with Gasteiger partial charge in [-0.3, -0.25) is 9.88 Å². The first-order chi connectivity index (χ1) is 9.79. The molecule has 5 nitrogen and oxygen atoms in total. The van der Waals surface area contributed by atoms with Crippen LogP contribution in [0.1, 0.15) is 5.56 Å². The molecule has 6 heteroatoms. The molecule has 1 fully saturated rings. The lowest BCUT2D eigenvalue weighted by molar-refractivity contribution is 0.0343. The van der Waals surface area contributed by atoms with E-state index in [1.807, 2.05) is 12.1 Å². The first kappa shape index (κ1) is 13.4. The van der Waals surface area contributed by atoms with Crippen LogP contribution in [0.4, 0.5) is 5.69 Å². The summed E-state index contributed by atoms with van der Waals surface area (Å²) in [5.74, 6) is 0. The van der Waals surface area contributed by atoms with Crippen LogP contribution in [-0.4, -0.2) is 36.2 Å². The van der Waals surface area contributed by atoms with Gasteiger partial charge in [-0.2, -0.15) is 0 Å². The van der Waals surface area contributed by atoms with E-state index in [1.165, 1.54) is 0 Å². The highest BCUT2D eigenvalue weighted by atomic mass is 35.5. The summed E-state index contributed by atoms with van der Waals surface area (Å²) >= 11 is 6.28. The first-order valence-corrected chi connectivity index (χ1v) is 6.87. The fraction of sp³-hybridized carbons (Fsp3) is 0.357. The molecule has 0 N–H and O–H groups in total. The fourth-order valence-corrected chi connectivity index (χ4v) is 2.74. The van der Waals surface area contributed by atoms with E-state index in [1.54, 1.807) is 12.3 Å². The summed E-state index contributed by atoms with van der Waals surface area (Å²) in [4.78, 5) is 17.7. The second kappa shape index (κ2) is 5.83. The summed E-state index contributed by atoms with van der Waals surface area (Å²) in [6, 6.07) is 5.46. The molecule has 2 aromatic rings. The van der Waals surface area contributed by atoms with Gasteiger partial charge in [-0.1, -0.05) is 11.6 Å². The summed E-state index contributed by atoms with van der Waals surface area (Å²) in [6.45, 7) is 3.75. The molecule has 104 valence electrons. The molecule has 0 amide bonds. The van der Waals surface area contributed by atoms with Crippen molar-refractivity contribution in [3.05, 3.63) is 39.9 Å². The molecular weight excluding hydrogens is 278 g/mol. The van der Waals surface area contributed by atoms with Gasteiger partial charge >= 0.3 is 0 Å². The van der Waals surface area contributed by atoms with Crippen LogP contribution < -0.4 is 0 Å². The predicted molar refractivity (Wildman–Crippen MR) is 78.3 cm³/mol. The Morgan fingerprint density at radius 3 is 2.95 bits per heavy atom. The molecule has 0 unspecified atom stereocenters. The van der Waals surface area contributed by atoms with Crippen LogP contribution in [0.15, 0.2) is 29.6 Å². The maximum atomic E-state index is 11.2. The number of morpholine rings is 1. The van der Waals surface area contributed by atoms with Crippen molar-refractivity contribution in [3.63, 3.8) is 0 Å². The van der Waals surface area contributed by atoms with Crippen molar-refractivity contribution in [2.45, 2.75) is 6.54 Å². The topological polar surface area (TPSA) is 54.8 Å². The van der Waals surface area contributed by atoms with E-state index in [4.69, 9.17) is 16.3 Å². The minimum absolute atomic E-state index is 0.386. The quantitative estimate of drug-likeness (QED) is 0.815. The van der Waals surface area contributed by atoms with Gasteiger partial charge in [0.1, 0.15) is 11.2 Å². The summed E-state index contributed by atoms with van der Waals surface area (Å²) in [5, 5.41) is 4.54. The summed E-state index contributed by atoms with van der Waals surface area (Å²) in [7, 11) is 0. The zero-order valence-corrected chi connectivity index (χ0v) is 11.6. The highest BCUT2D eigenvalue weighted by Gasteiger charge is 2.17. The van der Waals surface area contributed by atoms with Crippen molar-refractivity contribution in [1.82, 2.24) is 9.88 Å². The SMILES string of the molecule is O=Nc1c(CN2CCOCC2)cc(Cl)c2cccnc12. The number of halogens is 1. The molecule has 3 rings (SSSR count). The smallest absolute Gasteiger partial charge is 0.138 e. The normalized spacial score (nSPS) is 16.4. The minimum Gasteiger partial charge on any atom is -0.379 e. The fourth-order valence-electron chi connectivity index (χ4n) is 2.46. The maximum absolute atomic E-state index is 11.2. The molecule has 1 saturated heterocycles. The zero-order valence-electron chi connectivity index (χ0n) is 10.9. The van der Waals surface area contributed by atoms with E-state index < -0.39 is 0 Å². The highest BCUT2D eigenvalue weighted by molar-refractivity contribution is 6.36. The second-order valence-corrected chi connectivity index (χ2v) is 5.15. The van der Waals surface area contributed by atoms with Crippen LogP contribution >= 0.6 is 11.6 Å². The maximum Gasteiger partial charge on any atom is 0.138 e. The standard InChI is InChI=1S/C14H14ClN3O2/c15-12-8-10(9-18-4-6-20-7-5-18)13(17-19)14-11(12)2-1-3-16-14/h1-3,8H,4-7,9H2. The molecule has 0 bridgehead atoms. The predicted octanol–water partition coefficient (Wildman–Crippen LogP) is 3.12. The van der Waals surface area contributed by atoms with Gasteiger partial charge in [-0.25, -0.2) is 0 Å². The van der Waals surface area contributed by atoms with Gasteiger partial charge in [-0.05, 0) is 28.9 Å². The van der Waals surface area contributed by atoms with Gasteiger partial charge in [-0.15, -0.1) is 4.91 Å². The van der Waals surface area contributed by atoms with Gasteiger partial charge < -0.3 is 4.74 Å². The lowest BCUT2D eigenvalue weighted by Gasteiger charge is -2.27. The van der Waals surface area contributed by atoms with Crippen LogP contribution in [0.25, 0.3) is 10.9 Å². The number of nitroso groups, excluding NO2 is 1. The molecule has 20 heavy (non-hydrogen) atoms. The van der Waals surface area contributed by atoms with Gasteiger partial charge in [0.2, 0.25) is 0 Å². The third kappa shape index (κ3) is 2.52. The number of aromatic nitrogens is 1. The van der Waals surface area contributed by atoms with E-state index in [9.17, 15) is 4.91 Å². The van der Waals surface area contributed by atoms with Gasteiger partial charge in [0, 0.05) is 31.2 Å². The minimum atomic E-state index is 0.386. The molecule has 1 aromatic heterocycles. The third-order valence-electron chi connectivity index (χ3n) is 3.48. The number of hydrogen-bond acceptors (Lipinski definition) is 5. The van der Waals surface area contributed by atoms with Crippen LogP contribution in [0.5, 0.6) is 0 Å². The number of hydrogen-bond donors (Lipinski definition) is 0. The number of nitrogens with zero attached hydrogens (tertiary/aromatic N) is 3. The van der Waals surface area contributed by atoms with Crippen molar-refractivity contribution in [1.29, 1.82) is 0 Å². The number of rotatable bonds is 3. The summed E-state index contributed by atoms with van der Waals surface area (Å²) in [6.07, 6.45) is 1.64. The van der Waals surface area contributed by atoms with Crippen LogP contribution in [0.3, 0.4) is 0 Å². The Labute approximate surface area is 121 Å². The Morgan fingerprint density at radius 2 is 2.20 bits per heavy atom. The molecule has 0 radical (unpaired) electrons. The monoisotopic (exact) mass is 291 g/mol. The number of ether oxygens (including phenoxy) is 1. The van der Waals surface area contributed by atoms with Gasteiger partial charge in [0.25, 0.3) is 0 Å². The van der Waals surface area contributed by atoms with Crippen molar-refractivity contribution < 1.29 is 4.74 Å². The largest absolute Gasteiger partial charge is 0.379 e. The van der Waals surface area contributed by atoms with E-state index >= 15 is 0 Å². The van der Waals surface area contributed by atoms with Gasteiger partial charge in [0.05, 0.1) is 18.2 Å². The van der Waals surface area contributed by atoms with Crippen molar-refractivity contribution in [2.75, 3.05) is 26.3 Å². The average molecular weight is 292 g/mol. The summed E-state index contributed by atoms with van der Waals surface area (Å²) < 4.78 is 5.32. The molecular formula is C14H14ClN3O2. The van der Waals surface area contributed by atoms with E-state index in [-0.39, 0.29) is 0 Å². The van der Waals surface area contributed by atoms with Crippen LogP contribution in [-0.2, 0) is 11.3 Å². The van der Waals surface area contributed by atoms with Crippen molar-refractivity contribution >= 4 is 28.2 Å². The average Bonchev–Trinajstić information content (AvgIpc) is 2.49. The number of pyridine rings is 1. The lowest BCUT2D eigenvalue weighted by atomic mass is 10.1. The Bertz CT molecular complexity index is 642. The third-order valence-corrected chi connectivity index (χ3v) is 3.80. The Kier molecular flexibility index (Phi) is 3.91. The molecule has 1 aliphatic heterocycles. The molecule has 0 aliphatic carbocycles. The molecule has 2 heterocycles. The second-order valence-electron chi connectivity index (χ2n) is 4.75. The Balaban J connectivity index is 2.03. The van der Waals surface area contributed by atoms with Gasteiger partial charge in [0.15, 0.2) is 0 Å². The summed E-state index contributed by atoms with van der Waals surface area (Å²) in [5.41, 5.74) is 1.77. The van der Waals surface area contributed by atoms with Crippen LogP contribution in [0.2, 0.25) is 5.02 Å². The molecule has 1 aliphatic rings. The number of benzene rings is 1. The molecule has 1 aromatic carbocycles. The Hall–Kier alpha value is -1.56. The number of fused-ring (bicyclic) bond motifs is 1. The van der Waals surface area contributed by atoms with Crippen molar-refractivity contribution in [3.8, 4) is 0 Å². The first-order valence-electron chi connectivity index (χ1n) is 6.49. The van der Waals surface area contributed by atoms with E-state index in [0.29, 0.717) is 36.0 Å². The molecule has 0 saturated carbocycles. The van der Waals surface area contributed by atoms with E-state index in [2.05, 4.69) is 15.1 Å². The molecule has 0 spiro atoms. The zero-order chi connectivity index (χ0) is 13.9. The van der Waals surface area contributed by atoms with E-state index in [0.717, 1.165) is 24.0 Å². The highest BCUT2D eigenvalue weighted by Crippen LogP contribution is 2.34. The van der Waals surface area contributed by atoms with Crippen molar-refractivity contribution in [2.24, 2.45) is 5.18 Å². The Morgan fingerprint density at radius 1 is 1.40 bits per heavy atom. The lowest BCUT2D eigenvalue weighted by Crippen LogP contribution is -2.35. The van der Waals surface area contributed by atoms with Crippen LogP contribution in [0, 0.1) is 4.91 Å².